The van der Waals surface area contributed by atoms with Gasteiger partial charge in [0.25, 0.3) is 0 Å². The van der Waals surface area contributed by atoms with Crippen LogP contribution < -0.4 is 14.5 Å². The maximum Gasteiger partial charge on any atom is 0.131 e. The van der Waals surface area contributed by atoms with Crippen molar-refractivity contribution in [2.45, 2.75) is 57.8 Å². The van der Waals surface area contributed by atoms with Crippen LogP contribution in [0.5, 0.6) is 11.5 Å². The van der Waals surface area contributed by atoms with E-state index < -0.39 is 0 Å². The quantitative estimate of drug-likeness (QED) is 0.177. The molecule has 0 atom stereocenters. The van der Waals surface area contributed by atoms with Crippen molar-refractivity contribution in [1.82, 2.24) is 0 Å². The second-order valence-electron chi connectivity index (χ2n) is 17.4. The minimum absolute atomic E-state index is 0.162. The van der Waals surface area contributed by atoms with Gasteiger partial charge in [0.2, 0.25) is 0 Å². The zero-order valence-corrected chi connectivity index (χ0v) is 32.8. The minimum Gasteiger partial charge on any atom is -0.457 e. The summed E-state index contributed by atoms with van der Waals surface area (Å²) >= 11 is 0. The molecule has 0 aliphatic carbocycles. The number of hydrogen-bond acceptors (Lipinski definition) is 3. The van der Waals surface area contributed by atoms with Crippen LogP contribution in [0.4, 0.5) is 34.1 Å². The number of hydrogen-bond donors (Lipinski definition) is 0. The first-order valence-corrected chi connectivity index (χ1v) is 19.9. The Morgan fingerprint density at radius 3 is 1.21 bits per heavy atom. The zero-order chi connectivity index (χ0) is 38.1. The maximum atomic E-state index is 6.85. The lowest BCUT2D eigenvalue weighted by molar-refractivity contribution is 0.418. The second kappa shape index (κ2) is 11.4. The van der Waals surface area contributed by atoms with E-state index in [2.05, 4.69) is 209 Å². The van der Waals surface area contributed by atoms with Crippen molar-refractivity contribution in [2.75, 3.05) is 9.80 Å². The van der Waals surface area contributed by atoms with E-state index in [0.29, 0.717) is 0 Å². The smallest absolute Gasteiger partial charge is 0.131 e. The van der Waals surface area contributed by atoms with Gasteiger partial charge in [0.1, 0.15) is 11.5 Å². The molecule has 0 aromatic heterocycles. The molecule has 8 aromatic carbocycles. The van der Waals surface area contributed by atoms with Crippen LogP contribution in [0.3, 0.4) is 0 Å². The van der Waals surface area contributed by atoms with Crippen molar-refractivity contribution < 1.29 is 4.74 Å². The average Bonchev–Trinajstić information content (AvgIpc) is 3.21. The van der Waals surface area contributed by atoms with Gasteiger partial charge >= 0.3 is 0 Å². The largest absolute Gasteiger partial charge is 0.457 e. The molecule has 0 bridgehead atoms. The summed E-state index contributed by atoms with van der Waals surface area (Å²) in [5.41, 5.74) is 14.2. The molecule has 3 heterocycles. The molecule has 3 aliphatic rings. The molecule has 3 heteroatoms. The standard InChI is InChI=1S/C53H44N2O/c1-51(2)39-19-11-13-21-45(39)54(49-37-17-9-7-15-33(37)23-27-41(49)51)35-25-29-47-43(31-35)53(5,6)44-32-36(26-30-48(44)56-47)55-46-22-14-12-20-40(46)52(3,4)42-28-24-34-16-8-10-18-38(34)50(42)55/h7-32H,1-6H3. The number of fused-ring (bicyclic) bond motifs is 10. The lowest BCUT2D eigenvalue weighted by Gasteiger charge is -2.44. The average molecular weight is 725 g/mol. The predicted molar refractivity (Wildman–Crippen MR) is 234 cm³/mol. The molecule has 8 aromatic rings. The molecule has 0 amide bonds. The Hall–Kier alpha value is -6.32. The molecule has 0 saturated heterocycles. The fraction of sp³-hybridized carbons (Fsp3) is 0.170. The van der Waals surface area contributed by atoms with Crippen molar-refractivity contribution in [3.05, 3.63) is 191 Å². The molecular weight excluding hydrogens is 681 g/mol. The van der Waals surface area contributed by atoms with E-state index in [9.17, 15) is 0 Å². The van der Waals surface area contributed by atoms with Crippen LogP contribution in [-0.4, -0.2) is 0 Å². The molecule has 0 N–H and O–H groups in total. The summed E-state index contributed by atoms with van der Waals surface area (Å²) in [6.45, 7) is 14.1. The van der Waals surface area contributed by atoms with Crippen LogP contribution in [0, 0.1) is 0 Å². The third kappa shape index (κ3) is 4.40. The summed E-state index contributed by atoms with van der Waals surface area (Å²) in [5.74, 6) is 1.81. The van der Waals surface area contributed by atoms with E-state index in [0.717, 1.165) is 22.9 Å². The van der Waals surface area contributed by atoms with Crippen molar-refractivity contribution >= 4 is 55.7 Å². The van der Waals surface area contributed by atoms with Gasteiger partial charge in [-0.3, -0.25) is 0 Å². The first kappa shape index (κ1) is 33.1. The molecular formula is C53H44N2O. The first-order chi connectivity index (χ1) is 27.0. The normalized spacial score (nSPS) is 16.5. The molecule has 0 saturated carbocycles. The number of nitrogens with zero attached hydrogens (tertiary/aromatic N) is 2. The third-order valence-electron chi connectivity index (χ3n) is 13.2. The number of para-hydroxylation sites is 2. The minimum atomic E-state index is -0.360. The van der Waals surface area contributed by atoms with E-state index in [1.807, 2.05) is 0 Å². The van der Waals surface area contributed by atoms with Crippen LogP contribution in [0.15, 0.2) is 158 Å². The lowest BCUT2D eigenvalue weighted by Crippen LogP contribution is -2.31. The van der Waals surface area contributed by atoms with Gasteiger partial charge in [0, 0.05) is 49.5 Å². The molecule has 56 heavy (non-hydrogen) atoms. The van der Waals surface area contributed by atoms with Gasteiger partial charge in [-0.15, -0.1) is 0 Å². The Balaban J connectivity index is 1.09. The topological polar surface area (TPSA) is 15.7 Å². The van der Waals surface area contributed by atoms with Crippen molar-refractivity contribution in [3.8, 4) is 11.5 Å². The highest BCUT2D eigenvalue weighted by Gasteiger charge is 2.42. The van der Waals surface area contributed by atoms with Crippen LogP contribution in [0.2, 0.25) is 0 Å². The summed E-state index contributed by atoms with van der Waals surface area (Å²) in [4.78, 5) is 4.99. The monoisotopic (exact) mass is 724 g/mol. The first-order valence-electron chi connectivity index (χ1n) is 19.9. The van der Waals surface area contributed by atoms with Gasteiger partial charge in [0.05, 0.1) is 22.7 Å². The molecule has 272 valence electrons. The number of benzene rings is 8. The number of ether oxygens (including phenoxy) is 1. The highest BCUT2D eigenvalue weighted by molar-refractivity contribution is 6.05. The Morgan fingerprint density at radius 1 is 0.357 bits per heavy atom. The van der Waals surface area contributed by atoms with Crippen LogP contribution in [-0.2, 0) is 16.2 Å². The Morgan fingerprint density at radius 2 is 0.750 bits per heavy atom. The third-order valence-corrected chi connectivity index (χ3v) is 13.2. The highest BCUT2D eigenvalue weighted by Crippen LogP contribution is 2.58. The molecule has 0 fully saturated rings. The van der Waals surface area contributed by atoms with Gasteiger partial charge in [-0.1, -0.05) is 151 Å². The summed E-state index contributed by atoms with van der Waals surface area (Å²) in [6, 6.07) is 58.3. The van der Waals surface area contributed by atoms with Crippen molar-refractivity contribution in [2.24, 2.45) is 0 Å². The van der Waals surface area contributed by atoms with Gasteiger partial charge in [0.15, 0.2) is 0 Å². The lowest BCUT2D eigenvalue weighted by atomic mass is 9.72. The van der Waals surface area contributed by atoms with E-state index in [-0.39, 0.29) is 16.2 Å². The van der Waals surface area contributed by atoms with Crippen LogP contribution >= 0.6 is 0 Å². The van der Waals surface area contributed by atoms with Crippen molar-refractivity contribution in [3.63, 3.8) is 0 Å². The van der Waals surface area contributed by atoms with Gasteiger partial charge < -0.3 is 14.5 Å². The fourth-order valence-electron chi connectivity index (χ4n) is 10.2. The van der Waals surface area contributed by atoms with E-state index in [1.54, 1.807) is 0 Å². The van der Waals surface area contributed by atoms with E-state index in [4.69, 9.17) is 4.74 Å². The van der Waals surface area contributed by atoms with E-state index >= 15 is 0 Å². The maximum absolute atomic E-state index is 6.85. The summed E-state index contributed by atoms with van der Waals surface area (Å²) in [5, 5.41) is 5.00. The summed E-state index contributed by atoms with van der Waals surface area (Å²) in [7, 11) is 0. The van der Waals surface area contributed by atoms with Crippen LogP contribution in [0.25, 0.3) is 21.5 Å². The summed E-state index contributed by atoms with van der Waals surface area (Å²) < 4.78 is 6.85. The molecule has 3 aliphatic heterocycles. The van der Waals surface area contributed by atoms with Crippen molar-refractivity contribution in [1.29, 1.82) is 0 Å². The molecule has 11 rings (SSSR count). The number of anilines is 6. The fourth-order valence-corrected chi connectivity index (χ4v) is 10.2. The Labute approximate surface area is 329 Å². The number of rotatable bonds is 2. The summed E-state index contributed by atoms with van der Waals surface area (Å²) in [6.07, 6.45) is 0. The molecule has 3 nitrogen and oxygen atoms in total. The molecule has 0 spiro atoms. The van der Waals surface area contributed by atoms with Gasteiger partial charge in [-0.05, 0) is 81.6 Å². The Bertz CT molecular complexity index is 2750. The zero-order valence-electron chi connectivity index (χ0n) is 32.8. The SMILES string of the molecule is CC1(C)c2cc(N3c4ccccc4C(C)(C)c4ccc5ccccc5c43)ccc2Oc2ccc(N3c4ccccc4C(C)(C)c4ccc5ccccc5c43)cc21. The molecule has 0 unspecified atom stereocenters. The van der Waals surface area contributed by atoms with Gasteiger partial charge in [-0.2, -0.15) is 0 Å². The van der Waals surface area contributed by atoms with Gasteiger partial charge in [-0.25, -0.2) is 0 Å². The van der Waals surface area contributed by atoms with E-state index in [1.165, 1.54) is 77.7 Å². The highest BCUT2D eigenvalue weighted by atomic mass is 16.5. The molecule has 0 radical (unpaired) electrons. The van der Waals surface area contributed by atoms with Crippen LogP contribution in [0.1, 0.15) is 74.9 Å². The Kier molecular flexibility index (Phi) is 6.71. The second-order valence-corrected chi connectivity index (χ2v) is 17.4. The predicted octanol–water partition coefficient (Wildman–Crippen LogP) is 14.6.